The summed E-state index contributed by atoms with van der Waals surface area (Å²) in [5.74, 6) is -2.06. The zero-order valence-corrected chi connectivity index (χ0v) is 18.0. The molecule has 2 heterocycles. The van der Waals surface area contributed by atoms with E-state index < -0.39 is 24.3 Å². The first-order valence-electron chi connectivity index (χ1n) is 9.65. The monoisotopic (exact) mass is 452 g/mol. The Bertz CT molecular complexity index is 1340. The minimum atomic E-state index is -0.715. The quantitative estimate of drug-likeness (QED) is 0.449. The molecular weight excluding hydrogens is 435 g/mol. The van der Waals surface area contributed by atoms with E-state index in [1.54, 1.807) is 24.7 Å². The molecule has 4 rings (SSSR count). The number of hydrogen-bond acceptors (Lipinski definition) is 5. The number of nitrogens with zero attached hydrogens (tertiary/aromatic N) is 3. The highest BCUT2D eigenvalue weighted by Gasteiger charge is 2.21. The van der Waals surface area contributed by atoms with E-state index in [0.29, 0.717) is 22.4 Å². The molecule has 7 nitrogen and oxygen atoms in total. The molecule has 0 radical (unpaired) electrons. The average molecular weight is 453 g/mol. The van der Waals surface area contributed by atoms with E-state index in [9.17, 15) is 14.0 Å². The predicted molar refractivity (Wildman–Crippen MR) is 119 cm³/mol. The Morgan fingerprint density at radius 3 is 2.66 bits per heavy atom. The summed E-state index contributed by atoms with van der Waals surface area (Å²) in [5, 5.41) is 7.50. The molecule has 0 bridgehead atoms. The van der Waals surface area contributed by atoms with E-state index in [-0.39, 0.29) is 16.3 Å². The van der Waals surface area contributed by atoms with Crippen molar-refractivity contribution in [1.82, 2.24) is 14.8 Å². The second kappa shape index (κ2) is 8.76. The lowest BCUT2D eigenvalue weighted by Crippen LogP contribution is -2.21. The number of aromatic nitrogens is 3. The molecule has 162 valence electrons. The lowest BCUT2D eigenvalue weighted by Gasteiger charge is -2.10. The number of pyridine rings is 1. The Balaban J connectivity index is 1.60. The maximum absolute atomic E-state index is 13.8. The van der Waals surface area contributed by atoms with Gasteiger partial charge in [-0.15, -0.1) is 0 Å². The first kappa shape index (κ1) is 21.5. The maximum atomic E-state index is 13.8. The Morgan fingerprint density at radius 2 is 1.91 bits per heavy atom. The number of halogens is 2. The molecule has 0 aliphatic carbocycles. The number of benzene rings is 2. The van der Waals surface area contributed by atoms with Gasteiger partial charge < -0.3 is 10.1 Å². The summed E-state index contributed by atoms with van der Waals surface area (Å²) in [6.07, 6.45) is 0. The average Bonchev–Trinajstić information content (AvgIpc) is 3.08. The van der Waals surface area contributed by atoms with Crippen LogP contribution < -0.4 is 5.32 Å². The van der Waals surface area contributed by atoms with E-state index in [4.69, 9.17) is 16.3 Å². The fourth-order valence-corrected chi connectivity index (χ4v) is 3.52. The van der Waals surface area contributed by atoms with Gasteiger partial charge in [0.2, 0.25) is 0 Å². The molecule has 2 aromatic heterocycles. The number of esters is 1. The first-order valence-corrected chi connectivity index (χ1v) is 10.0. The van der Waals surface area contributed by atoms with Gasteiger partial charge in [0, 0.05) is 17.6 Å². The lowest BCUT2D eigenvalue weighted by molar-refractivity contribution is -0.119. The number of amides is 1. The molecule has 32 heavy (non-hydrogen) atoms. The van der Waals surface area contributed by atoms with E-state index in [1.807, 2.05) is 30.3 Å². The number of rotatable bonds is 5. The van der Waals surface area contributed by atoms with Gasteiger partial charge in [0.15, 0.2) is 12.3 Å². The maximum Gasteiger partial charge on any atom is 0.339 e. The number of hydrogen-bond donors (Lipinski definition) is 1. The van der Waals surface area contributed by atoms with Gasteiger partial charge in [-0.05, 0) is 31.2 Å². The molecule has 4 aromatic rings. The molecule has 0 aliphatic heterocycles. The molecule has 0 spiro atoms. The number of fused-ring (bicyclic) bond motifs is 1. The molecule has 1 N–H and O–H groups in total. The van der Waals surface area contributed by atoms with Crippen molar-refractivity contribution >= 4 is 40.2 Å². The first-order chi connectivity index (χ1) is 15.3. The Labute approximate surface area is 187 Å². The van der Waals surface area contributed by atoms with Gasteiger partial charge >= 0.3 is 5.97 Å². The van der Waals surface area contributed by atoms with Crippen LogP contribution in [0.1, 0.15) is 16.1 Å². The number of aryl methyl sites for hydroxylation is 2. The molecule has 9 heteroatoms. The van der Waals surface area contributed by atoms with Crippen LogP contribution in [0.4, 0.5) is 10.1 Å². The van der Waals surface area contributed by atoms with Crippen LogP contribution in [0.25, 0.3) is 22.3 Å². The van der Waals surface area contributed by atoms with Gasteiger partial charge in [-0.3, -0.25) is 9.48 Å². The van der Waals surface area contributed by atoms with Gasteiger partial charge in [-0.1, -0.05) is 41.9 Å². The largest absolute Gasteiger partial charge is 0.452 e. The molecule has 0 saturated carbocycles. The van der Waals surface area contributed by atoms with Crippen LogP contribution in [0, 0.1) is 12.7 Å². The summed E-state index contributed by atoms with van der Waals surface area (Å²) in [4.78, 5) is 29.8. The van der Waals surface area contributed by atoms with Crippen LogP contribution in [-0.4, -0.2) is 33.2 Å². The van der Waals surface area contributed by atoms with Crippen molar-refractivity contribution in [3.63, 3.8) is 0 Å². The Kier molecular flexibility index (Phi) is 5.87. The van der Waals surface area contributed by atoms with E-state index in [1.165, 1.54) is 12.1 Å². The third kappa shape index (κ3) is 4.31. The molecule has 1 amide bonds. The van der Waals surface area contributed by atoms with Crippen molar-refractivity contribution in [3.05, 3.63) is 76.7 Å². The Hall–Kier alpha value is -3.78. The summed E-state index contributed by atoms with van der Waals surface area (Å²) in [6.45, 7) is 1.16. The summed E-state index contributed by atoms with van der Waals surface area (Å²) in [7, 11) is 1.74. The van der Waals surface area contributed by atoms with Crippen molar-refractivity contribution in [1.29, 1.82) is 0 Å². The van der Waals surface area contributed by atoms with E-state index >= 15 is 0 Å². The van der Waals surface area contributed by atoms with Gasteiger partial charge in [0.25, 0.3) is 5.91 Å². The summed E-state index contributed by atoms with van der Waals surface area (Å²) in [5.41, 5.74) is 2.64. The minimum Gasteiger partial charge on any atom is -0.452 e. The highest BCUT2D eigenvalue weighted by Crippen LogP contribution is 2.27. The minimum absolute atomic E-state index is 0.0979. The van der Waals surface area contributed by atoms with Crippen molar-refractivity contribution in [2.24, 2.45) is 7.05 Å². The fraction of sp³-hybridized carbons (Fsp3) is 0.130. The second-order valence-electron chi connectivity index (χ2n) is 7.08. The highest BCUT2D eigenvalue weighted by molar-refractivity contribution is 6.30. The van der Waals surface area contributed by atoms with Gasteiger partial charge in [-0.25, -0.2) is 14.2 Å². The van der Waals surface area contributed by atoms with Gasteiger partial charge in [0.1, 0.15) is 5.82 Å². The van der Waals surface area contributed by atoms with Crippen molar-refractivity contribution in [2.45, 2.75) is 6.92 Å². The van der Waals surface area contributed by atoms with E-state index in [2.05, 4.69) is 15.4 Å². The molecule has 2 aromatic carbocycles. The number of carbonyl (C=O) groups is 2. The molecule has 0 unspecified atom stereocenters. The number of nitrogens with one attached hydrogen (secondary N) is 1. The van der Waals surface area contributed by atoms with Crippen LogP contribution >= 0.6 is 11.6 Å². The zero-order valence-electron chi connectivity index (χ0n) is 17.2. The third-order valence-electron chi connectivity index (χ3n) is 4.80. The summed E-state index contributed by atoms with van der Waals surface area (Å²) >= 11 is 5.83. The topological polar surface area (TPSA) is 86.1 Å². The Morgan fingerprint density at radius 1 is 1.16 bits per heavy atom. The molecule has 0 atom stereocenters. The smallest absolute Gasteiger partial charge is 0.339 e. The molecule has 0 fully saturated rings. The highest BCUT2D eigenvalue weighted by atomic mass is 35.5. The predicted octanol–water partition coefficient (Wildman–Crippen LogP) is 4.53. The molecular formula is C23H18ClFN4O3. The normalized spacial score (nSPS) is 10.9. The van der Waals surface area contributed by atoms with Crippen LogP contribution in [0.15, 0.2) is 54.6 Å². The van der Waals surface area contributed by atoms with Crippen molar-refractivity contribution in [2.75, 3.05) is 11.9 Å². The van der Waals surface area contributed by atoms with Crippen LogP contribution in [0.2, 0.25) is 5.02 Å². The van der Waals surface area contributed by atoms with Crippen LogP contribution in [-0.2, 0) is 16.6 Å². The zero-order chi connectivity index (χ0) is 22.8. The lowest BCUT2D eigenvalue weighted by atomic mass is 10.1. The third-order valence-corrected chi connectivity index (χ3v) is 5.03. The summed E-state index contributed by atoms with van der Waals surface area (Å²) < 4.78 is 20.6. The van der Waals surface area contributed by atoms with Crippen LogP contribution in [0.3, 0.4) is 0 Å². The van der Waals surface area contributed by atoms with Crippen molar-refractivity contribution in [3.8, 4) is 11.3 Å². The number of carbonyl (C=O) groups excluding carboxylic acids is 2. The SMILES string of the molecule is Cc1nn(C)c2nc(-c3ccccc3)cc(C(=O)OCC(=O)Nc3cc(Cl)ccc3F)c12. The van der Waals surface area contributed by atoms with Crippen molar-refractivity contribution < 1.29 is 18.7 Å². The molecule has 0 aliphatic rings. The fourth-order valence-electron chi connectivity index (χ4n) is 3.35. The molecule has 0 saturated heterocycles. The standard InChI is InChI=1S/C23H18ClFN4O3/c1-13-21-16(11-18(14-6-4-3-5-7-14)27-22(21)29(2)28-13)23(31)32-12-20(30)26-19-10-15(24)8-9-17(19)25/h3-11H,12H2,1-2H3,(H,26,30). The second-order valence-corrected chi connectivity index (χ2v) is 7.51. The van der Waals surface area contributed by atoms with E-state index in [0.717, 1.165) is 11.6 Å². The summed E-state index contributed by atoms with van der Waals surface area (Å²) in [6, 6.07) is 14.7. The van der Waals surface area contributed by atoms with Gasteiger partial charge in [0.05, 0.1) is 28.0 Å². The number of anilines is 1. The van der Waals surface area contributed by atoms with Gasteiger partial charge in [-0.2, -0.15) is 5.10 Å². The number of ether oxygens (including phenoxy) is 1. The van der Waals surface area contributed by atoms with Crippen LogP contribution in [0.5, 0.6) is 0 Å².